The number of sulfonamides is 1. The summed E-state index contributed by atoms with van der Waals surface area (Å²) in [7, 11) is 3.14. The van der Waals surface area contributed by atoms with Crippen LogP contribution in [-0.4, -0.2) is 87.5 Å². The van der Waals surface area contributed by atoms with Crippen molar-refractivity contribution in [2.75, 3.05) is 41.3 Å². The van der Waals surface area contributed by atoms with E-state index >= 15 is 0 Å². The number of amides is 1. The summed E-state index contributed by atoms with van der Waals surface area (Å²) in [6.07, 6.45) is -2.49. The largest absolute Gasteiger partial charge is 0.416 e. The summed E-state index contributed by atoms with van der Waals surface area (Å²) in [6, 6.07) is 3.24. The van der Waals surface area contributed by atoms with E-state index in [1.54, 1.807) is 25.8 Å². The van der Waals surface area contributed by atoms with E-state index in [9.17, 15) is 26.4 Å². The van der Waals surface area contributed by atoms with Gasteiger partial charge in [0.05, 0.1) is 16.6 Å². The SMILES string of the molecule is CN(C)CCN(C)C(=O)C(C)(C)OC1CCC(N(C)S(=O)(=O)c2ccc(C(F)(F)F)cc2)CC1. The molecule has 34 heavy (non-hydrogen) atoms. The molecule has 194 valence electrons. The number of nitrogens with zero attached hydrogens (tertiary/aromatic N) is 3. The number of carbonyl (C=O) groups excluding carboxylic acids is 1. The lowest BCUT2D eigenvalue weighted by molar-refractivity contribution is -0.162. The molecule has 1 aromatic rings. The Bertz CT molecular complexity index is 926. The first-order valence-corrected chi connectivity index (χ1v) is 12.7. The van der Waals surface area contributed by atoms with Crippen LogP contribution in [0, 0.1) is 0 Å². The van der Waals surface area contributed by atoms with Gasteiger partial charge in [-0.25, -0.2) is 8.42 Å². The number of hydrogen-bond donors (Lipinski definition) is 0. The van der Waals surface area contributed by atoms with Gasteiger partial charge >= 0.3 is 6.18 Å². The predicted octanol–water partition coefficient (Wildman–Crippen LogP) is 3.45. The Morgan fingerprint density at radius 1 is 0.971 bits per heavy atom. The summed E-state index contributed by atoms with van der Waals surface area (Å²) in [5, 5.41) is 0. The molecule has 1 aliphatic carbocycles. The molecule has 0 saturated heterocycles. The molecule has 2 rings (SSSR count). The Labute approximate surface area is 200 Å². The van der Waals surface area contributed by atoms with Crippen molar-refractivity contribution in [3.05, 3.63) is 29.8 Å². The van der Waals surface area contributed by atoms with Crippen molar-refractivity contribution in [1.29, 1.82) is 0 Å². The van der Waals surface area contributed by atoms with Gasteiger partial charge in [0.25, 0.3) is 5.91 Å². The molecule has 0 bridgehead atoms. The van der Waals surface area contributed by atoms with Crippen LogP contribution in [0.1, 0.15) is 45.1 Å². The quantitative estimate of drug-likeness (QED) is 0.512. The minimum atomic E-state index is -4.52. The minimum Gasteiger partial charge on any atom is -0.363 e. The Balaban J connectivity index is 1.96. The van der Waals surface area contributed by atoms with Crippen LogP contribution in [0.15, 0.2) is 29.2 Å². The molecule has 1 aromatic carbocycles. The summed E-state index contributed by atoms with van der Waals surface area (Å²) < 4.78 is 71.6. The highest BCUT2D eigenvalue weighted by molar-refractivity contribution is 7.89. The van der Waals surface area contributed by atoms with Crippen molar-refractivity contribution in [3.8, 4) is 0 Å². The van der Waals surface area contributed by atoms with Crippen molar-refractivity contribution in [1.82, 2.24) is 14.1 Å². The molecule has 0 aliphatic heterocycles. The van der Waals surface area contributed by atoms with Gasteiger partial charge in [0.2, 0.25) is 10.0 Å². The molecule has 1 fully saturated rings. The number of likely N-dealkylation sites (N-methyl/N-ethyl adjacent to an activating group) is 2. The van der Waals surface area contributed by atoms with Gasteiger partial charge < -0.3 is 14.5 Å². The highest BCUT2D eigenvalue weighted by Gasteiger charge is 2.38. The monoisotopic (exact) mass is 507 g/mol. The molecule has 0 atom stereocenters. The van der Waals surface area contributed by atoms with Crippen molar-refractivity contribution >= 4 is 15.9 Å². The predicted molar refractivity (Wildman–Crippen MR) is 124 cm³/mol. The Morgan fingerprint density at radius 3 is 1.97 bits per heavy atom. The molecule has 0 spiro atoms. The zero-order valence-electron chi connectivity index (χ0n) is 20.7. The molecule has 1 amide bonds. The second-order valence-corrected chi connectivity index (χ2v) is 11.6. The van der Waals surface area contributed by atoms with Crippen LogP contribution >= 0.6 is 0 Å². The number of ether oxygens (including phenoxy) is 1. The van der Waals surface area contributed by atoms with Gasteiger partial charge in [0.15, 0.2) is 0 Å². The third-order valence-electron chi connectivity index (χ3n) is 6.22. The zero-order valence-corrected chi connectivity index (χ0v) is 21.5. The molecule has 1 saturated carbocycles. The number of carbonyl (C=O) groups is 1. The van der Waals surface area contributed by atoms with Crippen molar-refractivity contribution in [2.24, 2.45) is 0 Å². The van der Waals surface area contributed by atoms with E-state index in [0.717, 1.165) is 30.8 Å². The van der Waals surface area contributed by atoms with Gasteiger partial charge in [0, 0.05) is 33.2 Å². The van der Waals surface area contributed by atoms with Gasteiger partial charge in [-0.05, 0) is 77.9 Å². The number of hydrogen-bond acceptors (Lipinski definition) is 5. The smallest absolute Gasteiger partial charge is 0.363 e. The van der Waals surface area contributed by atoms with E-state index in [-0.39, 0.29) is 22.9 Å². The fourth-order valence-corrected chi connectivity index (χ4v) is 5.50. The van der Waals surface area contributed by atoms with Gasteiger partial charge in [-0.3, -0.25) is 4.79 Å². The highest BCUT2D eigenvalue weighted by atomic mass is 32.2. The molecular formula is C23H36F3N3O4S. The lowest BCUT2D eigenvalue weighted by Gasteiger charge is -2.38. The molecule has 0 unspecified atom stereocenters. The van der Waals surface area contributed by atoms with Crippen molar-refractivity contribution in [3.63, 3.8) is 0 Å². The summed E-state index contributed by atoms with van der Waals surface area (Å²) in [5.41, 5.74) is -1.90. The Kier molecular flexibility index (Phi) is 9.17. The Morgan fingerprint density at radius 2 is 1.50 bits per heavy atom. The molecular weight excluding hydrogens is 471 g/mol. The van der Waals surface area contributed by atoms with E-state index in [1.807, 2.05) is 19.0 Å². The topological polar surface area (TPSA) is 70.2 Å². The van der Waals surface area contributed by atoms with Crippen molar-refractivity contribution in [2.45, 2.75) is 68.3 Å². The maximum atomic E-state index is 12.9. The summed E-state index contributed by atoms with van der Waals surface area (Å²) in [4.78, 5) is 16.3. The third-order valence-corrected chi connectivity index (χ3v) is 8.15. The molecule has 1 aliphatic rings. The standard InChI is InChI=1S/C23H36F3N3O4S/c1-22(2,21(30)28(5)16-15-27(3)4)33-19-11-9-18(10-12-19)29(6)34(31,32)20-13-7-17(8-14-20)23(24,25)26/h7-8,13-14,18-19H,9-12,15-16H2,1-6H3. The number of benzene rings is 1. The van der Waals surface area contributed by atoms with Crippen LogP contribution in [-0.2, 0) is 25.7 Å². The first-order valence-electron chi connectivity index (χ1n) is 11.3. The van der Waals surface area contributed by atoms with Crippen LogP contribution < -0.4 is 0 Å². The normalized spacial score (nSPS) is 20.1. The lowest BCUT2D eigenvalue weighted by Crippen LogP contribution is -2.49. The van der Waals surface area contributed by atoms with Gasteiger partial charge in [-0.1, -0.05) is 0 Å². The first-order chi connectivity index (χ1) is 15.6. The van der Waals surface area contributed by atoms with Gasteiger partial charge in [-0.2, -0.15) is 17.5 Å². The van der Waals surface area contributed by atoms with Crippen LogP contribution in [0.3, 0.4) is 0 Å². The summed E-state index contributed by atoms with van der Waals surface area (Å²) >= 11 is 0. The van der Waals surface area contributed by atoms with Crippen LogP contribution in [0.25, 0.3) is 0 Å². The van der Waals surface area contributed by atoms with E-state index in [0.29, 0.717) is 32.2 Å². The highest BCUT2D eigenvalue weighted by Crippen LogP contribution is 2.33. The third kappa shape index (κ3) is 7.16. The van der Waals surface area contributed by atoms with Gasteiger partial charge in [0.1, 0.15) is 5.60 Å². The zero-order chi connectivity index (χ0) is 25.9. The van der Waals surface area contributed by atoms with E-state index in [4.69, 9.17) is 4.74 Å². The number of rotatable bonds is 9. The maximum Gasteiger partial charge on any atom is 0.416 e. The Hall–Kier alpha value is -1.69. The first kappa shape index (κ1) is 28.5. The van der Waals surface area contributed by atoms with Gasteiger partial charge in [-0.15, -0.1) is 0 Å². The summed E-state index contributed by atoms with van der Waals surface area (Å²) in [5.74, 6) is -0.113. The summed E-state index contributed by atoms with van der Waals surface area (Å²) in [6.45, 7) is 4.81. The average molecular weight is 508 g/mol. The maximum absolute atomic E-state index is 12.9. The van der Waals surface area contributed by atoms with E-state index in [2.05, 4.69) is 0 Å². The van der Waals surface area contributed by atoms with Crippen LogP contribution in [0.5, 0.6) is 0 Å². The van der Waals surface area contributed by atoms with Crippen molar-refractivity contribution < 1.29 is 31.1 Å². The second-order valence-electron chi connectivity index (χ2n) is 9.63. The molecule has 11 heteroatoms. The molecule has 0 aromatic heterocycles. The van der Waals surface area contributed by atoms with Crippen LogP contribution in [0.4, 0.5) is 13.2 Å². The molecule has 0 radical (unpaired) electrons. The number of alkyl halides is 3. The fourth-order valence-electron chi connectivity index (χ4n) is 4.08. The minimum absolute atomic E-state index is 0.113. The molecule has 7 nitrogen and oxygen atoms in total. The van der Waals surface area contributed by atoms with Crippen LogP contribution in [0.2, 0.25) is 0 Å². The fraction of sp³-hybridized carbons (Fsp3) is 0.696. The average Bonchev–Trinajstić information content (AvgIpc) is 2.76. The molecule has 0 N–H and O–H groups in total. The molecule has 0 heterocycles. The van der Waals surface area contributed by atoms with E-state index < -0.39 is 27.4 Å². The number of halogens is 3. The second kappa shape index (κ2) is 10.9. The lowest BCUT2D eigenvalue weighted by atomic mass is 9.92. The van der Waals surface area contributed by atoms with E-state index in [1.165, 1.54) is 11.4 Å².